The average Bonchev–Trinajstić information content (AvgIpc) is 2.93. The molecule has 0 aromatic heterocycles. The quantitative estimate of drug-likeness (QED) is 0.629. The maximum absolute atomic E-state index is 11.5. The van der Waals surface area contributed by atoms with Crippen molar-refractivity contribution in [3.8, 4) is 0 Å². The van der Waals surface area contributed by atoms with Gasteiger partial charge in [-0.3, -0.25) is 4.79 Å². The minimum absolute atomic E-state index is 0.0479. The SMILES string of the molecule is CC(=O)N/C=C1/C[C@H]2[C@@H]3CC=C4CC(O)CC[C@]4(C)[C@H]3CC[C@]2(C)[C@H]1C(C)O. The van der Waals surface area contributed by atoms with Gasteiger partial charge in [-0.1, -0.05) is 25.5 Å². The molecule has 4 nitrogen and oxygen atoms in total. The normalized spacial score (nSPS) is 47.6. The molecule has 1 amide bonds. The molecule has 0 saturated heterocycles. The summed E-state index contributed by atoms with van der Waals surface area (Å²) in [6, 6.07) is 0. The number of rotatable bonds is 2. The van der Waals surface area contributed by atoms with Gasteiger partial charge in [0.2, 0.25) is 5.91 Å². The number of aliphatic hydroxyl groups excluding tert-OH is 2. The van der Waals surface area contributed by atoms with E-state index in [1.165, 1.54) is 17.6 Å². The summed E-state index contributed by atoms with van der Waals surface area (Å²) in [6.07, 6.45) is 11.1. The molecular formula is C24H37NO3. The summed E-state index contributed by atoms with van der Waals surface area (Å²) < 4.78 is 0. The van der Waals surface area contributed by atoms with Crippen LogP contribution in [0.4, 0.5) is 0 Å². The number of fused-ring (bicyclic) bond motifs is 5. The Morgan fingerprint density at radius 2 is 2.00 bits per heavy atom. The topological polar surface area (TPSA) is 69.6 Å². The van der Waals surface area contributed by atoms with Crippen molar-refractivity contribution in [1.82, 2.24) is 5.32 Å². The smallest absolute Gasteiger partial charge is 0.220 e. The molecule has 3 saturated carbocycles. The van der Waals surface area contributed by atoms with E-state index >= 15 is 0 Å². The Morgan fingerprint density at radius 1 is 1.25 bits per heavy atom. The molecule has 4 rings (SSSR count). The van der Waals surface area contributed by atoms with Gasteiger partial charge in [0.25, 0.3) is 0 Å². The molecule has 0 aliphatic heterocycles. The average molecular weight is 388 g/mol. The van der Waals surface area contributed by atoms with Crippen LogP contribution in [0.3, 0.4) is 0 Å². The second kappa shape index (κ2) is 6.98. The number of aliphatic hydroxyl groups is 2. The number of hydrogen-bond acceptors (Lipinski definition) is 3. The molecule has 3 N–H and O–H groups in total. The number of allylic oxidation sites excluding steroid dienone is 1. The van der Waals surface area contributed by atoms with E-state index in [0.717, 1.165) is 38.5 Å². The highest BCUT2D eigenvalue weighted by molar-refractivity contribution is 5.74. The van der Waals surface area contributed by atoms with E-state index in [1.807, 2.05) is 13.1 Å². The first-order valence-electron chi connectivity index (χ1n) is 11.2. The van der Waals surface area contributed by atoms with Crippen LogP contribution in [-0.4, -0.2) is 28.3 Å². The van der Waals surface area contributed by atoms with Gasteiger partial charge in [0.1, 0.15) is 0 Å². The molecule has 156 valence electrons. The predicted molar refractivity (Wildman–Crippen MR) is 110 cm³/mol. The molecule has 4 aliphatic carbocycles. The fraction of sp³-hybridized carbons (Fsp3) is 0.792. The summed E-state index contributed by atoms with van der Waals surface area (Å²) in [5.41, 5.74) is 3.04. The van der Waals surface area contributed by atoms with Crippen LogP contribution in [0.15, 0.2) is 23.4 Å². The summed E-state index contributed by atoms with van der Waals surface area (Å²) in [5, 5.41) is 23.7. The second-order valence-electron chi connectivity index (χ2n) is 10.5. The molecule has 4 heteroatoms. The van der Waals surface area contributed by atoms with Crippen LogP contribution in [0, 0.1) is 34.5 Å². The van der Waals surface area contributed by atoms with Crippen molar-refractivity contribution < 1.29 is 15.0 Å². The van der Waals surface area contributed by atoms with Gasteiger partial charge in [-0.15, -0.1) is 0 Å². The van der Waals surface area contributed by atoms with Gasteiger partial charge in [-0.05, 0) is 86.0 Å². The molecule has 0 bridgehead atoms. The zero-order valence-corrected chi connectivity index (χ0v) is 17.9. The van der Waals surface area contributed by atoms with Gasteiger partial charge in [-0.25, -0.2) is 0 Å². The summed E-state index contributed by atoms with van der Waals surface area (Å²) in [7, 11) is 0. The molecule has 0 aromatic carbocycles. The lowest BCUT2D eigenvalue weighted by Crippen LogP contribution is -2.51. The lowest BCUT2D eigenvalue weighted by Gasteiger charge is -2.58. The Labute approximate surface area is 169 Å². The van der Waals surface area contributed by atoms with Crippen molar-refractivity contribution in [1.29, 1.82) is 0 Å². The minimum atomic E-state index is -0.401. The first-order chi connectivity index (χ1) is 13.2. The molecule has 0 aromatic rings. The maximum Gasteiger partial charge on any atom is 0.220 e. The fourth-order valence-corrected chi connectivity index (χ4v) is 7.77. The number of hydrogen-bond donors (Lipinski definition) is 3. The van der Waals surface area contributed by atoms with E-state index in [0.29, 0.717) is 17.8 Å². The molecular weight excluding hydrogens is 350 g/mol. The van der Waals surface area contributed by atoms with E-state index < -0.39 is 6.10 Å². The Balaban J connectivity index is 1.68. The van der Waals surface area contributed by atoms with Gasteiger partial charge in [-0.2, -0.15) is 0 Å². The highest BCUT2D eigenvalue weighted by Crippen LogP contribution is 2.67. The van der Waals surface area contributed by atoms with E-state index in [-0.39, 0.29) is 28.8 Å². The highest BCUT2D eigenvalue weighted by Gasteiger charge is 2.60. The zero-order chi connectivity index (χ0) is 20.3. The van der Waals surface area contributed by atoms with E-state index in [4.69, 9.17) is 0 Å². The predicted octanol–water partition coefficient (Wildman–Crippen LogP) is 3.94. The first-order valence-corrected chi connectivity index (χ1v) is 11.2. The van der Waals surface area contributed by atoms with Gasteiger partial charge in [0, 0.05) is 19.0 Å². The van der Waals surface area contributed by atoms with E-state index in [1.54, 1.807) is 6.92 Å². The van der Waals surface area contributed by atoms with Crippen LogP contribution in [0.5, 0.6) is 0 Å². The maximum atomic E-state index is 11.5. The van der Waals surface area contributed by atoms with Crippen molar-refractivity contribution in [2.24, 2.45) is 34.5 Å². The van der Waals surface area contributed by atoms with E-state index in [2.05, 4.69) is 25.2 Å². The standard InChI is InChI=1S/C24H37NO3/c1-14(26)22-16(13-25-15(2)27)11-21-19-6-5-17-12-18(28)7-9-23(17,3)20(19)8-10-24(21,22)4/h5,13-14,18-22,26,28H,6-12H2,1-4H3,(H,25,27)/b16-13-/t14?,18?,19-,20+,21+,22+,23+,24+/m1/s1. The van der Waals surface area contributed by atoms with E-state index in [9.17, 15) is 15.0 Å². The van der Waals surface area contributed by atoms with Gasteiger partial charge >= 0.3 is 0 Å². The molecule has 4 aliphatic rings. The minimum Gasteiger partial charge on any atom is -0.393 e. The molecule has 3 fully saturated rings. The third-order valence-corrected chi connectivity index (χ3v) is 9.02. The van der Waals surface area contributed by atoms with Crippen LogP contribution in [-0.2, 0) is 4.79 Å². The van der Waals surface area contributed by atoms with Crippen LogP contribution in [0.1, 0.15) is 72.6 Å². The monoisotopic (exact) mass is 387 g/mol. The third-order valence-electron chi connectivity index (χ3n) is 9.02. The number of carbonyl (C=O) groups is 1. The Hall–Kier alpha value is -1.13. The lowest BCUT2D eigenvalue weighted by molar-refractivity contribution is -0.118. The van der Waals surface area contributed by atoms with Crippen LogP contribution < -0.4 is 5.32 Å². The molecule has 8 atom stereocenters. The Morgan fingerprint density at radius 3 is 2.68 bits per heavy atom. The zero-order valence-electron chi connectivity index (χ0n) is 17.9. The number of carbonyl (C=O) groups excluding carboxylic acids is 1. The molecule has 2 unspecified atom stereocenters. The van der Waals surface area contributed by atoms with Crippen LogP contribution >= 0.6 is 0 Å². The molecule has 0 heterocycles. The van der Waals surface area contributed by atoms with Crippen molar-refractivity contribution in [3.05, 3.63) is 23.4 Å². The molecule has 0 radical (unpaired) electrons. The summed E-state index contributed by atoms with van der Waals surface area (Å²) in [6.45, 7) is 8.28. The third kappa shape index (κ3) is 2.99. The van der Waals surface area contributed by atoms with Gasteiger partial charge in [0.15, 0.2) is 0 Å². The number of nitrogens with one attached hydrogen (secondary N) is 1. The van der Waals surface area contributed by atoms with Crippen LogP contribution in [0.2, 0.25) is 0 Å². The molecule has 28 heavy (non-hydrogen) atoms. The van der Waals surface area contributed by atoms with Gasteiger partial charge in [0.05, 0.1) is 12.2 Å². The van der Waals surface area contributed by atoms with Crippen molar-refractivity contribution in [3.63, 3.8) is 0 Å². The second-order valence-corrected chi connectivity index (χ2v) is 10.5. The number of amides is 1. The fourth-order valence-electron chi connectivity index (χ4n) is 7.77. The van der Waals surface area contributed by atoms with Crippen molar-refractivity contribution in [2.75, 3.05) is 0 Å². The molecule has 0 spiro atoms. The van der Waals surface area contributed by atoms with Crippen molar-refractivity contribution in [2.45, 2.75) is 84.8 Å². The summed E-state index contributed by atoms with van der Waals surface area (Å²) in [4.78, 5) is 11.5. The van der Waals surface area contributed by atoms with Crippen LogP contribution in [0.25, 0.3) is 0 Å². The largest absolute Gasteiger partial charge is 0.393 e. The lowest BCUT2D eigenvalue weighted by atomic mass is 9.47. The highest BCUT2D eigenvalue weighted by atomic mass is 16.3. The van der Waals surface area contributed by atoms with Crippen molar-refractivity contribution >= 4 is 5.91 Å². The summed E-state index contributed by atoms with van der Waals surface area (Å²) >= 11 is 0. The first kappa shape index (κ1) is 20.2. The van der Waals surface area contributed by atoms with Gasteiger partial charge < -0.3 is 15.5 Å². The Bertz CT molecular complexity index is 711. The summed E-state index contributed by atoms with van der Waals surface area (Å²) in [5.74, 6) is 1.93. The Kier molecular flexibility index (Phi) is 5.03.